The van der Waals surface area contributed by atoms with Crippen LogP contribution in [0.3, 0.4) is 0 Å². The summed E-state index contributed by atoms with van der Waals surface area (Å²) in [6.45, 7) is 4.58. The number of sulfone groups is 1. The Morgan fingerprint density at radius 1 is 1.15 bits per heavy atom. The van der Waals surface area contributed by atoms with Gasteiger partial charge in [-0.1, -0.05) is 18.1 Å². The number of nitrogens with one attached hydrogen (secondary N) is 1. The molecule has 0 saturated carbocycles. The van der Waals surface area contributed by atoms with E-state index in [1.165, 1.54) is 25.3 Å². The molecule has 1 amide bonds. The average Bonchev–Trinajstić information content (AvgIpc) is 2.82. The maximum absolute atomic E-state index is 12.8. The molecule has 0 fully saturated rings. The van der Waals surface area contributed by atoms with Gasteiger partial charge in [-0.15, -0.1) is 0 Å². The minimum atomic E-state index is -3.72. The second-order valence-electron chi connectivity index (χ2n) is 6.77. The first kappa shape index (κ1) is 28.8. The van der Waals surface area contributed by atoms with Crippen molar-refractivity contribution >= 4 is 15.7 Å². The van der Waals surface area contributed by atoms with Crippen LogP contribution in [-0.4, -0.2) is 79.6 Å². The van der Waals surface area contributed by atoms with Gasteiger partial charge in [0.25, 0.3) is 5.91 Å². The number of unbranched alkanes of at least 4 members (excludes halogenated alkanes) is 1. The molecular formula is C21H33N4O7S. The normalized spacial score (nSPS) is 12.2. The number of hydrogen-bond donors (Lipinski definition) is 1. The van der Waals surface area contributed by atoms with Crippen molar-refractivity contribution in [3.8, 4) is 0 Å². The topological polar surface area (TPSA) is 149 Å². The second kappa shape index (κ2) is 17.3. The van der Waals surface area contributed by atoms with Crippen molar-refractivity contribution in [1.29, 1.82) is 0 Å². The maximum atomic E-state index is 12.8. The lowest BCUT2D eigenvalue weighted by Gasteiger charge is -2.16. The highest BCUT2D eigenvalue weighted by Crippen LogP contribution is 2.21. The van der Waals surface area contributed by atoms with E-state index in [1.807, 2.05) is 13.3 Å². The Morgan fingerprint density at radius 2 is 1.82 bits per heavy atom. The van der Waals surface area contributed by atoms with Crippen LogP contribution in [0.4, 0.5) is 0 Å². The molecule has 1 aromatic carbocycles. The van der Waals surface area contributed by atoms with E-state index < -0.39 is 15.3 Å². The highest BCUT2D eigenvalue weighted by molar-refractivity contribution is 7.91. The molecular weight excluding hydrogens is 452 g/mol. The van der Waals surface area contributed by atoms with Crippen LogP contribution in [-0.2, 0) is 28.8 Å². The quantitative estimate of drug-likeness (QED) is 0.137. The summed E-state index contributed by atoms with van der Waals surface area (Å²) in [5, 5.41) is 6.05. The van der Waals surface area contributed by atoms with Crippen molar-refractivity contribution in [3.05, 3.63) is 46.7 Å². The van der Waals surface area contributed by atoms with Crippen molar-refractivity contribution in [2.75, 3.05) is 59.8 Å². The van der Waals surface area contributed by atoms with E-state index in [4.69, 9.17) is 24.5 Å². The minimum Gasteiger partial charge on any atom is -0.379 e. The first-order chi connectivity index (χ1) is 16.0. The van der Waals surface area contributed by atoms with Crippen LogP contribution in [0.15, 0.2) is 34.3 Å². The summed E-state index contributed by atoms with van der Waals surface area (Å²) in [5.74, 6) is -0.388. The third kappa shape index (κ3) is 11.5. The molecule has 0 aliphatic heterocycles. The van der Waals surface area contributed by atoms with Gasteiger partial charge < -0.3 is 24.3 Å². The lowest BCUT2D eigenvalue weighted by molar-refractivity contribution is 0.0166. The number of azide groups is 1. The predicted molar refractivity (Wildman–Crippen MR) is 122 cm³/mol. The number of carbonyl (C=O) groups excluding carboxylic acids is 1. The first-order valence-corrected chi connectivity index (χ1v) is 12.2. The zero-order valence-corrected chi connectivity index (χ0v) is 20.0. The van der Waals surface area contributed by atoms with Gasteiger partial charge >= 0.3 is 0 Å². The Kier molecular flexibility index (Phi) is 15.1. The van der Waals surface area contributed by atoms with Gasteiger partial charge in [-0.05, 0) is 43.0 Å². The molecule has 0 spiro atoms. The smallest absolute Gasteiger partial charge is 0.251 e. The number of methoxy groups -OCH3 is 1. The third-order valence-electron chi connectivity index (χ3n) is 4.40. The maximum Gasteiger partial charge on any atom is 0.251 e. The second-order valence-corrected chi connectivity index (χ2v) is 8.86. The molecule has 1 radical (unpaired) electrons. The Hall–Kier alpha value is -2.21. The molecule has 1 rings (SSSR count). The van der Waals surface area contributed by atoms with Gasteiger partial charge in [0.05, 0.1) is 44.5 Å². The Labute approximate surface area is 195 Å². The average molecular weight is 486 g/mol. The SMILES string of the molecule is C[CH]CC[C@@H](OC)S(=O)(=O)c1cccc(C(=O)NCCOCCOCCOCCN=[N+]=[N-])c1. The van der Waals surface area contributed by atoms with E-state index >= 15 is 0 Å². The molecule has 33 heavy (non-hydrogen) atoms. The molecule has 1 N–H and O–H groups in total. The summed E-state index contributed by atoms with van der Waals surface area (Å²) in [7, 11) is -2.35. The van der Waals surface area contributed by atoms with Crippen molar-refractivity contribution in [2.45, 2.75) is 30.1 Å². The number of benzene rings is 1. The molecule has 0 aliphatic carbocycles. The van der Waals surface area contributed by atoms with E-state index in [-0.39, 0.29) is 36.1 Å². The van der Waals surface area contributed by atoms with Crippen LogP contribution in [0.25, 0.3) is 10.4 Å². The standard InChI is InChI=1S/C21H33N4O7S/c1-3-4-8-20(29-2)33(27,28)19-7-5-6-18(17-19)21(26)23-9-11-30-13-15-32-16-14-31-12-10-24-25-22/h3,5-7,17,20H,4,8-16H2,1-2H3,(H,23,26)/t20-/m0/s1. The predicted octanol–water partition coefficient (Wildman–Crippen LogP) is 2.53. The van der Waals surface area contributed by atoms with Crippen LogP contribution in [0.5, 0.6) is 0 Å². The van der Waals surface area contributed by atoms with Crippen LogP contribution in [0.2, 0.25) is 0 Å². The molecule has 0 aliphatic rings. The molecule has 0 aromatic heterocycles. The Bertz CT molecular complexity index is 845. The van der Waals surface area contributed by atoms with Crippen molar-refractivity contribution in [3.63, 3.8) is 0 Å². The molecule has 11 nitrogen and oxygen atoms in total. The molecule has 185 valence electrons. The summed E-state index contributed by atoms with van der Waals surface area (Å²) in [6, 6.07) is 5.91. The summed E-state index contributed by atoms with van der Waals surface area (Å²) in [5.41, 5.74) is 7.40. The van der Waals surface area contributed by atoms with Crippen LogP contribution < -0.4 is 5.32 Å². The number of carbonyl (C=O) groups is 1. The van der Waals surface area contributed by atoms with Crippen molar-refractivity contribution in [2.24, 2.45) is 5.11 Å². The van der Waals surface area contributed by atoms with Crippen LogP contribution in [0.1, 0.15) is 30.1 Å². The van der Waals surface area contributed by atoms with E-state index in [2.05, 4.69) is 15.3 Å². The molecule has 0 heterocycles. The number of hydrogen-bond acceptors (Lipinski definition) is 8. The van der Waals surface area contributed by atoms with Gasteiger partial charge in [-0.25, -0.2) is 8.42 Å². The minimum absolute atomic E-state index is 0.0493. The van der Waals surface area contributed by atoms with E-state index in [0.717, 1.165) is 0 Å². The van der Waals surface area contributed by atoms with Gasteiger partial charge in [0, 0.05) is 30.7 Å². The lowest BCUT2D eigenvalue weighted by Crippen LogP contribution is -2.28. The van der Waals surface area contributed by atoms with Gasteiger partial charge in [-0.2, -0.15) is 0 Å². The van der Waals surface area contributed by atoms with E-state index in [1.54, 1.807) is 6.07 Å². The third-order valence-corrected chi connectivity index (χ3v) is 6.43. The number of rotatable bonds is 19. The van der Waals surface area contributed by atoms with Crippen molar-refractivity contribution in [1.82, 2.24) is 5.32 Å². The fourth-order valence-electron chi connectivity index (χ4n) is 2.70. The largest absolute Gasteiger partial charge is 0.379 e. The number of nitrogens with zero attached hydrogens (tertiary/aromatic N) is 3. The van der Waals surface area contributed by atoms with E-state index in [0.29, 0.717) is 45.9 Å². The van der Waals surface area contributed by atoms with Gasteiger partial charge in [0.15, 0.2) is 5.44 Å². The van der Waals surface area contributed by atoms with Gasteiger partial charge in [-0.3, -0.25) is 4.79 Å². The Morgan fingerprint density at radius 3 is 2.45 bits per heavy atom. The summed E-state index contributed by atoms with van der Waals surface area (Å²) < 4.78 is 46.7. The van der Waals surface area contributed by atoms with Crippen molar-refractivity contribution < 1.29 is 32.2 Å². The molecule has 1 aromatic rings. The highest BCUT2D eigenvalue weighted by Gasteiger charge is 2.27. The lowest BCUT2D eigenvalue weighted by atomic mass is 10.2. The van der Waals surface area contributed by atoms with Crippen LogP contribution in [0, 0.1) is 6.42 Å². The molecule has 0 bridgehead atoms. The summed E-state index contributed by atoms with van der Waals surface area (Å²) in [6.07, 6.45) is 2.83. The highest BCUT2D eigenvalue weighted by atomic mass is 32.2. The zero-order valence-electron chi connectivity index (χ0n) is 19.1. The summed E-state index contributed by atoms with van der Waals surface area (Å²) >= 11 is 0. The first-order valence-electron chi connectivity index (χ1n) is 10.6. The number of amides is 1. The zero-order chi connectivity index (χ0) is 24.4. The number of ether oxygens (including phenoxy) is 4. The molecule has 1 atom stereocenters. The fraction of sp³-hybridized carbons (Fsp3) is 0.619. The van der Waals surface area contributed by atoms with Crippen LogP contribution >= 0.6 is 0 Å². The summed E-state index contributed by atoms with van der Waals surface area (Å²) in [4.78, 5) is 15.0. The Balaban J connectivity index is 2.31. The van der Waals surface area contributed by atoms with E-state index in [9.17, 15) is 13.2 Å². The monoisotopic (exact) mass is 485 g/mol. The van der Waals surface area contributed by atoms with Gasteiger partial charge in [0.1, 0.15) is 0 Å². The fourth-order valence-corrected chi connectivity index (χ4v) is 4.26. The molecule has 0 unspecified atom stereocenters. The molecule has 12 heteroatoms. The molecule has 0 saturated heterocycles. The van der Waals surface area contributed by atoms with Gasteiger partial charge in [0.2, 0.25) is 9.84 Å².